The Bertz CT molecular complexity index is 371. The highest BCUT2D eigenvalue weighted by Crippen LogP contribution is 2.23. The number of hydrogen-bond acceptors (Lipinski definition) is 2. The van der Waals surface area contributed by atoms with Gasteiger partial charge in [-0.25, -0.2) is 4.79 Å². The van der Waals surface area contributed by atoms with Gasteiger partial charge in [-0.3, -0.25) is 4.84 Å². The van der Waals surface area contributed by atoms with Crippen molar-refractivity contribution in [3.8, 4) is 0 Å². The van der Waals surface area contributed by atoms with Crippen molar-refractivity contribution >= 4 is 6.03 Å². The number of nitrogens with zero attached hydrogens (tertiary/aromatic N) is 1. The highest BCUT2D eigenvalue weighted by molar-refractivity contribution is 5.71. The van der Waals surface area contributed by atoms with Crippen LogP contribution < -0.4 is 5.73 Å². The minimum Gasteiger partial charge on any atom is -0.350 e. The third-order valence-electron chi connectivity index (χ3n) is 2.22. The largest absolute Gasteiger partial charge is 0.350 e. The molecule has 1 rings (SSSR count). The molecule has 0 aromatic heterocycles. The van der Waals surface area contributed by atoms with Gasteiger partial charge in [0.2, 0.25) is 0 Å². The number of nitrogens with two attached hydrogens (primary N) is 1. The molecule has 2 N–H and O–H groups in total. The number of urea groups is 1. The second-order valence-corrected chi connectivity index (χ2v) is 4.95. The van der Waals surface area contributed by atoms with E-state index in [4.69, 9.17) is 10.6 Å². The fraction of sp³-hybridized carbons (Fsp3) is 0.462. The normalized spacial score (nSPS) is 13.2. The zero-order valence-electron chi connectivity index (χ0n) is 10.8. The lowest BCUT2D eigenvalue weighted by atomic mass is 10.1. The summed E-state index contributed by atoms with van der Waals surface area (Å²) in [5.74, 6) is 0. The number of amides is 2. The number of carbonyl (C=O) groups excluding carboxylic acids is 1. The maximum atomic E-state index is 11.4. The van der Waals surface area contributed by atoms with Gasteiger partial charge in [0.15, 0.2) is 0 Å². The first kappa shape index (κ1) is 13.5. The van der Waals surface area contributed by atoms with Crippen LogP contribution in [-0.2, 0) is 4.84 Å². The second-order valence-electron chi connectivity index (χ2n) is 4.95. The van der Waals surface area contributed by atoms with E-state index in [0.717, 1.165) is 5.56 Å². The molecule has 0 saturated carbocycles. The van der Waals surface area contributed by atoms with Crippen molar-refractivity contribution in [1.82, 2.24) is 5.06 Å². The molecular weight excluding hydrogens is 216 g/mol. The summed E-state index contributed by atoms with van der Waals surface area (Å²) in [7, 11) is 0. The minimum absolute atomic E-state index is 0.215. The quantitative estimate of drug-likeness (QED) is 0.820. The van der Waals surface area contributed by atoms with Gasteiger partial charge in [-0.1, -0.05) is 30.3 Å². The van der Waals surface area contributed by atoms with Crippen LogP contribution in [0.1, 0.15) is 39.3 Å². The number of primary amides is 1. The topological polar surface area (TPSA) is 55.6 Å². The average Bonchev–Trinajstić information content (AvgIpc) is 2.25. The first-order valence-electron chi connectivity index (χ1n) is 5.64. The molecule has 2 amide bonds. The van der Waals surface area contributed by atoms with E-state index in [2.05, 4.69) is 0 Å². The molecule has 0 aliphatic rings. The van der Waals surface area contributed by atoms with Crippen LogP contribution in [0.5, 0.6) is 0 Å². The average molecular weight is 236 g/mol. The molecule has 1 unspecified atom stereocenters. The van der Waals surface area contributed by atoms with E-state index in [1.54, 1.807) is 0 Å². The zero-order valence-corrected chi connectivity index (χ0v) is 10.8. The molecule has 0 saturated heterocycles. The van der Waals surface area contributed by atoms with Crippen molar-refractivity contribution in [2.45, 2.75) is 39.3 Å². The fourth-order valence-corrected chi connectivity index (χ4v) is 1.48. The maximum Gasteiger partial charge on any atom is 0.339 e. The standard InChI is InChI=1S/C13H20N2O2/c1-10(11-8-6-5-7-9-11)15(12(14)16)17-13(2,3)4/h5-10H,1-4H3,(H2,14,16). The Morgan fingerprint density at radius 3 is 2.24 bits per heavy atom. The van der Waals surface area contributed by atoms with E-state index in [1.807, 2.05) is 58.0 Å². The summed E-state index contributed by atoms with van der Waals surface area (Å²) in [6.07, 6.45) is 0. The zero-order chi connectivity index (χ0) is 13.1. The van der Waals surface area contributed by atoms with Gasteiger partial charge in [0.05, 0.1) is 11.6 Å². The van der Waals surface area contributed by atoms with Crippen LogP contribution in [0, 0.1) is 0 Å². The van der Waals surface area contributed by atoms with Crippen LogP contribution in [-0.4, -0.2) is 16.7 Å². The van der Waals surface area contributed by atoms with Crippen molar-refractivity contribution in [3.05, 3.63) is 35.9 Å². The molecule has 0 heterocycles. The van der Waals surface area contributed by atoms with Gasteiger partial charge >= 0.3 is 6.03 Å². The van der Waals surface area contributed by atoms with E-state index in [-0.39, 0.29) is 6.04 Å². The number of carbonyl (C=O) groups is 1. The molecule has 1 aromatic rings. The number of benzene rings is 1. The molecule has 4 heteroatoms. The maximum absolute atomic E-state index is 11.4. The van der Waals surface area contributed by atoms with Gasteiger partial charge in [-0.2, -0.15) is 5.06 Å². The van der Waals surface area contributed by atoms with Crippen LogP contribution in [0.15, 0.2) is 30.3 Å². The Morgan fingerprint density at radius 1 is 1.29 bits per heavy atom. The first-order valence-corrected chi connectivity index (χ1v) is 5.64. The monoisotopic (exact) mass is 236 g/mol. The highest BCUT2D eigenvalue weighted by Gasteiger charge is 2.25. The van der Waals surface area contributed by atoms with Crippen LogP contribution in [0.2, 0.25) is 0 Å². The molecule has 0 radical (unpaired) electrons. The van der Waals surface area contributed by atoms with Gasteiger partial charge in [0, 0.05) is 0 Å². The molecule has 1 atom stereocenters. The van der Waals surface area contributed by atoms with E-state index >= 15 is 0 Å². The molecule has 0 spiro atoms. The SMILES string of the molecule is CC(c1ccccc1)N(OC(C)(C)C)C(N)=O. The third-order valence-corrected chi connectivity index (χ3v) is 2.22. The van der Waals surface area contributed by atoms with E-state index in [9.17, 15) is 4.79 Å². The van der Waals surface area contributed by atoms with Gasteiger partial charge in [0.25, 0.3) is 0 Å². The third kappa shape index (κ3) is 4.07. The van der Waals surface area contributed by atoms with E-state index < -0.39 is 11.6 Å². The van der Waals surface area contributed by atoms with Crippen molar-refractivity contribution in [3.63, 3.8) is 0 Å². The number of hydrogen-bond donors (Lipinski definition) is 1. The molecule has 17 heavy (non-hydrogen) atoms. The van der Waals surface area contributed by atoms with Crippen molar-refractivity contribution in [2.24, 2.45) is 5.73 Å². The molecule has 0 aliphatic heterocycles. The second kappa shape index (κ2) is 5.19. The summed E-state index contributed by atoms with van der Waals surface area (Å²) in [6, 6.07) is 8.84. The fourth-order valence-electron chi connectivity index (χ4n) is 1.48. The summed E-state index contributed by atoms with van der Waals surface area (Å²) < 4.78 is 0. The van der Waals surface area contributed by atoms with Gasteiger partial charge < -0.3 is 5.73 Å². The molecule has 0 aliphatic carbocycles. The van der Waals surface area contributed by atoms with Crippen molar-refractivity contribution in [1.29, 1.82) is 0 Å². The highest BCUT2D eigenvalue weighted by atomic mass is 16.7. The van der Waals surface area contributed by atoms with Gasteiger partial charge in [-0.15, -0.1) is 0 Å². The van der Waals surface area contributed by atoms with E-state index in [0.29, 0.717) is 0 Å². The Hall–Kier alpha value is -1.55. The predicted octanol–water partition coefficient (Wildman–Crippen LogP) is 2.86. The molecular formula is C13H20N2O2. The van der Waals surface area contributed by atoms with Crippen molar-refractivity contribution < 1.29 is 9.63 Å². The summed E-state index contributed by atoms with van der Waals surface area (Å²) in [5.41, 5.74) is 5.87. The summed E-state index contributed by atoms with van der Waals surface area (Å²) >= 11 is 0. The van der Waals surface area contributed by atoms with Crippen LogP contribution in [0.25, 0.3) is 0 Å². The van der Waals surface area contributed by atoms with Gasteiger partial charge in [0.1, 0.15) is 0 Å². The predicted molar refractivity (Wildman–Crippen MR) is 67.1 cm³/mol. The molecule has 0 fully saturated rings. The summed E-state index contributed by atoms with van der Waals surface area (Å²) in [5, 5.41) is 1.22. The lowest BCUT2D eigenvalue weighted by molar-refractivity contribution is -0.211. The van der Waals surface area contributed by atoms with Crippen LogP contribution in [0.4, 0.5) is 4.79 Å². The minimum atomic E-state index is -0.587. The van der Waals surface area contributed by atoms with Crippen LogP contribution >= 0.6 is 0 Å². The molecule has 1 aromatic carbocycles. The van der Waals surface area contributed by atoms with Gasteiger partial charge in [-0.05, 0) is 33.3 Å². The van der Waals surface area contributed by atoms with E-state index in [1.165, 1.54) is 5.06 Å². The summed E-state index contributed by atoms with van der Waals surface area (Å²) in [4.78, 5) is 17.0. The number of rotatable bonds is 3. The molecule has 94 valence electrons. The lowest BCUT2D eigenvalue weighted by Gasteiger charge is -2.32. The Kier molecular flexibility index (Phi) is 4.12. The Balaban J connectivity index is 2.89. The summed E-state index contributed by atoms with van der Waals surface area (Å²) in [6.45, 7) is 7.51. The Labute approximate surface area is 102 Å². The first-order chi connectivity index (χ1) is 7.81. The molecule has 4 nitrogen and oxygen atoms in total. The lowest BCUT2D eigenvalue weighted by Crippen LogP contribution is -2.42. The smallest absolute Gasteiger partial charge is 0.339 e. The van der Waals surface area contributed by atoms with Crippen LogP contribution in [0.3, 0.4) is 0 Å². The Morgan fingerprint density at radius 2 is 1.82 bits per heavy atom. The van der Waals surface area contributed by atoms with Crippen molar-refractivity contribution in [2.75, 3.05) is 0 Å². The molecule has 0 bridgehead atoms. The number of hydroxylamine groups is 2.